The first kappa shape index (κ1) is 12.1. The summed E-state index contributed by atoms with van der Waals surface area (Å²) in [6, 6.07) is 4.78. The zero-order chi connectivity index (χ0) is 11.4. The first-order valence-corrected chi connectivity index (χ1v) is 6.91. The quantitative estimate of drug-likeness (QED) is 0.864. The topological polar surface area (TPSA) is 24.9 Å². The molecule has 0 spiro atoms. The summed E-state index contributed by atoms with van der Waals surface area (Å²) in [6.07, 6.45) is 7.29. The van der Waals surface area contributed by atoms with Crippen LogP contribution >= 0.6 is 15.9 Å². The highest BCUT2D eigenvalue weighted by atomic mass is 79.9. The fourth-order valence-corrected chi connectivity index (χ4v) is 2.14. The lowest BCUT2D eigenvalue weighted by Crippen LogP contribution is -2.28. The Hall–Kier alpha value is -0.410. The van der Waals surface area contributed by atoms with Crippen molar-refractivity contribution in [2.24, 2.45) is 5.92 Å². The van der Waals surface area contributed by atoms with Crippen LogP contribution < -0.4 is 5.32 Å². The largest absolute Gasteiger partial charge is 0.308 e. The number of hydrogen-bond acceptors (Lipinski definition) is 2. The van der Waals surface area contributed by atoms with Gasteiger partial charge < -0.3 is 5.32 Å². The van der Waals surface area contributed by atoms with Crippen molar-refractivity contribution in [1.29, 1.82) is 0 Å². The highest BCUT2D eigenvalue weighted by Crippen LogP contribution is 2.34. The molecule has 1 saturated carbocycles. The molecular weight excluding hydrogens is 264 g/mol. The van der Waals surface area contributed by atoms with Crippen LogP contribution in [0.5, 0.6) is 0 Å². The van der Waals surface area contributed by atoms with Crippen molar-refractivity contribution in [1.82, 2.24) is 10.3 Å². The molecule has 2 nitrogen and oxygen atoms in total. The first-order valence-electron chi connectivity index (χ1n) is 6.11. The minimum Gasteiger partial charge on any atom is -0.308 e. The van der Waals surface area contributed by atoms with Gasteiger partial charge in [-0.15, -0.1) is 0 Å². The minimum atomic E-state index is 0.665. The molecule has 1 unspecified atom stereocenters. The molecule has 1 aliphatic carbocycles. The summed E-state index contributed by atoms with van der Waals surface area (Å²) in [4.78, 5) is 4.37. The van der Waals surface area contributed by atoms with Crippen LogP contribution in [0.3, 0.4) is 0 Å². The average molecular weight is 283 g/mol. The number of nitrogens with one attached hydrogen (secondary N) is 1. The molecule has 1 aromatic heterocycles. The van der Waals surface area contributed by atoms with Crippen LogP contribution in [-0.4, -0.2) is 11.0 Å². The van der Waals surface area contributed by atoms with Crippen LogP contribution in [0, 0.1) is 5.92 Å². The van der Waals surface area contributed by atoms with Gasteiger partial charge in [-0.1, -0.05) is 19.8 Å². The van der Waals surface area contributed by atoms with Gasteiger partial charge in [0.05, 0.1) is 5.69 Å². The van der Waals surface area contributed by atoms with Crippen molar-refractivity contribution >= 4 is 15.9 Å². The van der Waals surface area contributed by atoms with Crippen LogP contribution in [0.15, 0.2) is 22.8 Å². The summed E-state index contributed by atoms with van der Waals surface area (Å²) in [5.41, 5.74) is 1.12. The zero-order valence-corrected chi connectivity index (χ0v) is 11.3. The Kier molecular flexibility index (Phi) is 4.36. The molecule has 1 aliphatic rings. The Morgan fingerprint density at radius 3 is 2.88 bits per heavy atom. The van der Waals surface area contributed by atoms with Crippen LogP contribution in [0.2, 0.25) is 0 Å². The van der Waals surface area contributed by atoms with Gasteiger partial charge >= 0.3 is 0 Å². The van der Waals surface area contributed by atoms with Gasteiger partial charge in [0.15, 0.2) is 0 Å². The second-order valence-electron chi connectivity index (χ2n) is 4.63. The molecule has 0 aliphatic heterocycles. The van der Waals surface area contributed by atoms with Gasteiger partial charge in [0.2, 0.25) is 0 Å². The molecule has 1 fully saturated rings. The van der Waals surface area contributed by atoms with Crippen LogP contribution in [0.25, 0.3) is 0 Å². The van der Waals surface area contributed by atoms with E-state index in [2.05, 4.69) is 39.2 Å². The van der Waals surface area contributed by atoms with Crippen molar-refractivity contribution < 1.29 is 0 Å². The van der Waals surface area contributed by atoms with E-state index in [4.69, 9.17) is 0 Å². The van der Waals surface area contributed by atoms with Crippen molar-refractivity contribution in [3.8, 4) is 0 Å². The van der Waals surface area contributed by atoms with Gasteiger partial charge in [-0.05, 0) is 46.8 Å². The van der Waals surface area contributed by atoms with Crippen molar-refractivity contribution in [2.45, 2.75) is 45.2 Å². The molecule has 0 saturated heterocycles. The van der Waals surface area contributed by atoms with Gasteiger partial charge in [-0.25, -0.2) is 0 Å². The number of nitrogens with zero attached hydrogens (tertiary/aromatic N) is 1. The van der Waals surface area contributed by atoms with Crippen molar-refractivity contribution in [2.75, 3.05) is 0 Å². The molecular formula is C13H19BrN2. The Labute approximate surface area is 106 Å². The summed E-state index contributed by atoms with van der Waals surface area (Å²) >= 11 is 3.40. The molecule has 1 aromatic rings. The molecule has 0 radical (unpaired) electrons. The number of rotatable bonds is 6. The third-order valence-electron chi connectivity index (χ3n) is 3.17. The monoisotopic (exact) mass is 282 g/mol. The Balaban J connectivity index is 1.77. The molecule has 1 heterocycles. The van der Waals surface area contributed by atoms with Crippen LogP contribution in [0.1, 0.15) is 38.3 Å². The van der Waals surface area contributed by atoms with E-state index in [1.165, 1.54) is 25.7 Å². The summed E-state index contributed by atoms with van der Waals surface area (Å²) in [5, 5.41) is 3.60. The summed E-state index contributed by atoms with van der Waals surface area (Å²) < 4.78 is 1.04. The maximum absolute atomic E-state index is 4.37. The van der Waals surface area contributed by atoms with E-state index in [0.717, 1.165) is 22.6 Å². The van der Waals surface area contributed by atoms with Gasteiger partial charge in [0, 0.05) is 23.3 Å². The predicted octanol–water partition coefficient (Wildman–Crippen LogP) is 3.51. The summed E-state index contributed by atoms with van der Waals surface area (Å²) in [5.74, 6) is 0.996. The Morgan fingerprint density at radius 1 is 1.50 bits per heavy atom. The maximum atomic E-state index is 4.37. The van der Waals surface area contributed by atoms with Crippen molar-refractivity contribution in [3.05, 3.63) is 28.5 Å². The number of pyridine rings is 1. The molecule has 2 rings (SSSR count). The van der Waals surface area contributed by atoms with E-state index in [9.17, 15) is 0 Å². The molecule has 16 heavy (non-hydrogen) atoms. The summed E-state index contributed by atoms with van der Waals surface area (Å²) in [7, 11) is 0. The Bertz CT molecular complexity index is 319. The number of halogens is 1. The SMILES string of the molecule is CCC(CC1CC1)NCc1ccc(Br)cn1. The molecule has 0 amide bonds. The maximum Gasteiger partial charge on any atom is 0.0542 e. The van der Waals surface area contributed by atoms with Crippen molar-refractivity contribution in [3.63, 3.8) is 0 Å². The van der Waals surface area contributed by atoms with Crippen LogP contribution in [-0.2, 0) is 6.54 Å². The van der Waals surface area contributed by atoms with E-state index in [0.29, 0.717) is 6.04 Å². The van der Waals surface area contributed by atoms with Gasteiger partial charge in [0.1, 0.15) is 0 Å². The van der Waals surface area contributed by atoms with E-state index in [1.807, 2.05) is 12.3 Å². The third-order valence-corrected chi connectivity index (χ3v) is 3.64. The standard InChI is InChI=1S/C13H19BrN2/c1-2-12(7-10-3-4-10)16-9-13-6-5-11(14)8-15-13/h5-6,8,10,12,16H,2-4,7,9H2,1H3. The van der Waals surface area contributed by atoms with Gasteiger partial charge in [-0.2, -0.15) is 0 Å². The lowest BCUT2D eigenvalue weighted by Gasteiger charge is -2.16. The third kappa shape index (κ3) is 3.87. The summed E-state index contributed by atoms with van der Waals surface area (Å²) in [6.45, 7) is 3.15. The lowest BCUT2D eigenvalue weighted by atomic mass is 10.1. The molecule has 1 N–H and O–H groups in total. The molecule has 88 valence electrons. The first-order chi connectivity index (χ1) is 7.78. The molecule has 0 aromatic carbocycles. The second kappa shape index (κ2) is 5.78. The fourth-order valence-electron chi connectivity index (χ4n) is 1.91. The number of hydrogen-bond donors (Lipinski definition) is 1. The van der Waals surface area contributed by atoms with Crippen LogP contribution in [0.4, 0.5) is 0 Å². The normalized spacial score (nSPS) is 17.4. The molecule has 1 atom stereocenters. The predicted molar refractivity (Wildman–Crippen MR) is 70.2 cm³/mol. The second-order valence-corrected chi connectivity index (χ2v) is 5.55. The highest BCUT2D eigenvalue weighted by Gasteiger charge is 2.24. The molecule has 0 bridgehead atoms. The Morgan fingerprint density at radius 2 is 2.31 bits per heavy atom. The zero-order valence-electron chi connectivity index (χ0n) is 9.75. The highest BCUT2D eigenvalue weighted by molar-refractivity contribution is 9.10. The van der Waals surface area contributed by atoms with Gasteiger partial charge in [-0.3, -0.25) is 4.98 Å². The molecule has 3 heteroatoms. The van der Waals surface area contributed by atoms with E-state index in [-0.39, 0.29) is 0 Å². The minimum absolute atomic E-state index is 0.665. The smallest absolute Gasteiger partial charge is 0.0542 e. The fraction of sp³-hybridized carbons (Fsp3) is 0.615. The van der Waals surface area contributed by atoms with E-state index in [1.54, 1.807) is 0 Å². The lowest BCUT2D eigenvalue weighted by molar-refractivity contribution is 0.442. The van der Waals surface area contributed by atoms with Gasteiger partial charge in [0.25, 0.3) is 0 Å². The van der Waals surface area contributed by atoms with E-state index >= 15 is 0 Å². The number of aromatic nitrogens is 1. The van der Waals surface area contributed by atoms with E-state index < -0.39 is 0 Å². The average Bonchev–Trinajstić information content (AvgIpc) is 3.10.